The van der Waals surface area contributed by atoms with Crippen LogP contribution in [0.15, 0.2) is 36.4 Å². The van der Waals surface area contributed by atoms with Gasteiger partial charge in [0.05, 0.1) is 18.2 Å². The lowest BCUT2D eigenvalue weighted by atomic mass is 9.83. The largest absolute Gasteiger partial charge is 0.390 e. The molecule has 1 heterocycles. The fourth-order valence-corrected chi connectivity index (χ4v) is 4.35. The average Bonchev–Trinajstić information content (AvgIpc) is 2.74. The van der Waals surface area contributed by atoms with Crippen molar-refractivity contribution in [3.8, 4) is 0 Å². The number of hydrogen-bond donors (Lipinski definition) is 5. The molecule has 3 rings (SSSR count). The number of carbonyl (C=O) groups is 1. The van der Waals surface area contributed by atoms with Gasteiger partial charge >= 0.3 is 0 Å². The molecule has 1 aliphatic heterocycles. The average molecular weight is 476 g/mol. The van der Waals surface area contributed by atoms with E-state index >= 15 is 0 Å². The number of aliphatic hydroxyl groups excluding tert-OH is 2. The van der Waals surface area contributed by atoms with E-state index in [-0.39, 0.29) is 30.3 Å². The molecular formula is C26H35F2N3O3. The van der Waals surface area contributed by atoms with Gasteiger partial charge in [0.1, 0.15) is 11.6 Å². The van der Waals surface area contributed by atoms with Crippen molar-refractivity contribution in [3.63, 3.8) is 0 Å². The third-order valence-electron chi connectivity index (χ3n) is 6.14. The molecule has 2 unspecified atom stereocenters. The summed E-state index contributed by atoms with van der Waals surface area (Å²) in [6, 6.07) is 8.26. The minimum absolute atomic E-state index is 0.0670. The maximum atomic E-state index is 13.6. The molecule has 2 aromatic carbocycles. The summed E-state index contributed by atoms with van der Waals surface area (Å²) in [6.07, 6.45) is -0.755. The second-order valence-corrected chi connectivity index (χ2v) is 10.1. The van der Waals surface area contributed by atoms with Crippen LogP contribution in [0.5, 0.6) is 0 Å². The molecule has 0 spiro atoms. The van der Waals surface area contributed by atoms with Crippen molar-refractivity contribution in [2.45, 2.75) is 64.8 Å². The summed E-state index contributed by atoms with van der Waals surface area (Å²) < 4.78 is 27.2. The number of hydrogen-bond acceptors (Lipinski definition) is 5. The van der Waals surface area contributed by atoms with Gasteiger partial charge in [0, 0.05) is 37.8 Å². The molecule has 34 heavy (non-hydrogen) atoms. The van der Waals surface area contributed by atoms with Crippen molar-refractivity contribution in [1.29, 1.82) is 0 Å². The van der Waals surface area contributed by atoms with Crippen LogP contribution in [-0.2, 0) is 11.2 Å². The number of amides is 1. The topological polar surface area (TPSA) is 93.6 Å². The molecular weight excluding hydrogens is 440 g/mol. The van der Waals surface area contributed by atoms with Crippen molar-refractivity contribution in [3.05, 3.63) is 64.7 Å². The van der Waals surface area contributed by atoms with Crippen LogP contribution >= 0.6 is 0 Å². The number of nitrogens with one attached hydrogen (secondary N) is 3. The van der Waals surface area contributed by atoms with E-state index in [0.717, 1.165) is 35.8 Å². The number of aliphatic hydroxyl groups is 2. The van der Waals surface area contributed by atoms with Crippen LogP contribution in [-0.4, -0.2) is 41.4 Å². The molecule has 4 atom stereocenters. The van der Waals surface area contributed by atoms with Crippen LogP contribution in [0.25, 0.3) is 0 Å². The van der Waals surface area contributed by atoms with E-state index in [0.29, 0.717) is 5.56 Å². The highest BCUT2D eigenvalue weighted by molar-refractivity contribution is 5.73. The smallest absolute Gasteiger partial charge is 0.217 e. The van der Waals surface area contributed by atoms with Crippen LogP contribution in [0.3, 0.4) is 0 Å². The number of fused-ring (bicyclic) bond motifs is 1. The maximum absolute atomic E-state index is 13.6. The summed E-state index contributed by atoms with van der Waals surface area (Å²) in [5.74, 6) is -1.75. The Kier molecular flexibility index (Phi) is 8.28. The third kappa shape index (κ3) is 6.74. The van der Waals surface area contributed by atoms with Crippen molar-refractivity contribution >= 4 is 11.6 Å². The minimum Gasteiger partial charge on any atom is -0.390 e. The lowest BCUT2D eigenvalue weighted by molar-refractivity contribution is -0.120. The monoisotopic (exact) mass is 475 g/mol. The Hall–Kier alpha value is -2.55. The summed E-state index contributed by atoms with van der Waals surface area (Å²) in [4.78, 5) is 11.7. The molecule has 2 aromatic rings. The minimum atomic E-state index is -0.989. The molecule has 0 bridgehead atoms. The van der Waals surface area contributed by atoms with E-state index in [1.54, 1.807) is 0 Å². The standard InChI is InChI=1S/C26H35F2N3O3/c1-15(32)31-23(11-16-9-18(27)13-19(28)10-16)24(33)14-30-22-7-8-29-21-6-5-17(12-20(21)22)25(34)26(2,3)4/h5-6,9-10,12-13,22-25,29-30,33-34H,7-8,11,14H2,1-4H3,(H,31,32)/t22?,23-,24-,25?/m0/s1. The van der Waals surface area contributed by atoms with Crippen molar-refractivity contribution in [2.75, 3.05) is 18.4 Å². The van der Waals surface area contributed by atoms with Crippen LogP contribution in [0.2, 0.25) is 0 Å². The van der Waals surface area contributed by atoms with Crippen molar-refractivity contribution in [2.24, 2.45) is 5.41 Å². The van der Waals surface area contributed by atoms with Crippen LogP contribution < -0.4 is 16.0 Å². The molecule has 5 N–H and O–H groups in total. The first-order valence-electron chi connectivity index (χ1n) is 11.6. The molecule has 0 saturated carbocycles. The zero-order valence-corrected chi connectivity index (χ0v) is 20.2. The zero-order valence-electron chi connectivity index (χ0n) is 20.2. The molecule has 0 radical (unpaired) electrons. The van der Waals surface area contributed by atoms with E-state index in [9.17, 15) is 23.8 Å². The van der Waals surface area contributed by atoms with Gasteiger partial charge in [-0.1, -0.05) is 26.8 Å². The Balaban J connectivity index is 1.73. The first kappa shape index (κ1) is 26.1. The van der Waals surface area contributed by atoms with E-state index in [4.69, 9.17) is 0 Å². The number of halogens is 2. The summed E-state index contributed by atoms with van der Waals surface area (Å²) in [5.41, 5.74) is 2.84. The van der Waals surface area contributed by atoms with E-state index in [1.807, 2.05) is 39.0 Å². The molecule has 1 amide bonds. The lowest BCUT2D eigenvalue weighted by Gasteiger charge is -2.32. The SMILES string of the molecule is CC(=O)N[C@@H](Cc1cc(F)cc(F)c1)[C@@H](O)CNC1CCNc2ccc(C(O)C(C)(C)C)cc21. The number of rotatable bonds is 8. The van der Waals surface area contributed by atoms with E-state index < -0.39 is 29.9 Å². The van der Waals surface area contributed by atoms with Crippen LogP contribution in [0.4, 0.5) is 14.5 Å². The van der Waals surface area contributed by atoms with Gasteiger partial charge in [-0.15, -0.1) is 0 Å². The lowest BCUT2D eigenvalue weighted by Crippen LogP contribution is -2.48. The Bertz CT molecular complexity index is 989. The predicted octanol–water partition coefficient (Wildman–Crippen LogP) is 3.60. The second-order valence-electron chi connectivity index (χ2n) is 10.1. The highest BCUT2D eigenvalue weighted by Crippen LogP contribution is 2.37. The molecule has 1 aliphatic rings. The van der Waals surface area contributed by atoms with Gasteiger partial charge in [0.2, 0.25) is 5.91 Å². The van der Waals surface area contributed by atoms with Gasteiger partial charge < -0.3 is 26.2 Å². The first-order valence-corrected chi connectivity index (χ1v) is 11.6. The van der Waals surface area contributed by atoms with E-state index in [2.05, 4.69) is 16.0 Å². The van der Waals surface area contributed by atoms with Crippen molar-refractivity contribution in [1.82, 2.24) is 10.6 Å². The fourth-order valence-electron chi connectivity index (χ4n) is 4.35. The summed E-state index contributed by atoms with van der Waals surface area (Å²) in [5, 5.41) is 31.0. The molecule has 0 fully saturated rings. The Labute approximate surface area is 199 Å². The van der Waals surface area contributed by atoms with Gasteiger partial charge in [-0.2, -0.15) is 0 Å². The Morgan fingerprint density at radius 1 is 1.15 bits per heavy atom. The predicted molar refractivity (Wildman–Crippen MR) is 128 cm³/mol. The second kappa shape index (κ2) is 10.8. The van der Waals surface area contributed by atoms with Gasteiger partial charge in [-0.05, 0) is 59.2 Å². The summed E-state index contributed by atoms with van der Waals surface area (Å²) in [6.45, 7) is 8.19. The highest BCUT2D eigenvalue weighted by atomic mass is 19.1. The van der Waals surface area contributed by atoms with Gasteiger partial charge in [0.25, 0.3) is 0 Å². The third-order valence-corrected chi connectivity index (χ3v) is 6.14. The molecule has 0 saturated heterocycles. The number of carbonyl (C=O) groups excluding carboxylic acids is 1. The van der Waals surface area contributed by atoms with Gasteiger partial charge in [-0.25, -0.2) is 8.78 Å². The molecule has 8 heteroatoms. The number of benzene rings is 2. The highest BCUT2D eigenvalue weighted by Gasteiger charge is 2.28. The molecule has 0 aromatic heterocycles. The van der Waals surface area contributed by atoms with Crippen LogP contribution in [0.1, 0.15) is 63.0 Å². The Morgan fingerprint density at radius 3 is 2.44 bits per heavy atom. The molecule has 0 aliphatic carbocycles. The normalized spacial score (nSPS) is 18.4. The Morgan fingerprint density at radius 2 is 1.82 bits per heavy atom. The first-order chi connectivity index (χ1) is 15.9. The maximum Gasteiger partial charge on any atom is 0.217 e. The van der Waals surface area contributed by atoms with Gasteiger partial charge in [0.15, 0.2) is 0 Å². The molecule has 6 nitrogen and oxygen atoms in total. The molecule has 186 valence electrons. The van der Waals surface area contributed by atoms with Crippen molar-refractivity contribution < 1.29 is 23.8 Å². The van der Waals surface area contributed by atoms with Crippen LogP contribution in [0, 0.1) is 17.0 Å². The quantitative estimate of drug-likeness (QED) is 0.402. The summed E-state index contributed by atoms with van der Waals surface area (Å²) >= 11 is 0. The zero-order chi connectivity index (χ0) is 25.0. The fraction of sp³-hybridized carbons (Fsp3) is 0.500. The summed E-state index contributed by atoms with van der Waals surface area (Å²) in [7, 11) is 0. The van der Waals surface area contributed by atoms with E-state index in [1.165, 1.54) is 19.1 Å². The number of anilines is 1. The van der Waals surface area contributed by atoms with Gasteiger partial charge in [-0.3, -0.25) is 4.79 Å².